The Kier molecular flexibility index (Phi) is 7.92. The van der Waals surface area contributed by atoms with E-state index in [4.69, 9.17) is 4.74 Å². The first-order chi connectivity index (χ1) is 14.9. The van der Waals surface area contributed by atoms with Gasteiger partial charge in [0.05, 0.1) is 17.5 Å². The van der Waals surface area contributed by atoms with Crippen molar-refractivity contribution in [1.82, 2.24) is 4.31 Å². The van der Waals surface area contributed by atoms with E-state index in [9.17, 15) is 13.2 Å². The molecule has 8 heteroatoms. The number of ether oxygens (including phenoxy) is 1. The van der Waals surface area contributed by atoms with Gasteiger partial charge >= 0.3 is 0 Å². The summed E-state index contributed by atoms with van der Waals surface area (Å²) in [5.74, 6) is 0.533. The van der Waals surface area contributed by atoms with Gasteiger partial charge in [0.25, 0.3) is 0 Å². The third-order valence-electron chi connectivity index (χ3n) is 5.35. The molecule has 2 aromatic rings. The van der Waals surface area contributed by atoms with Crippen molar-refractivity contribution in [2.24, 2.45) is 0 Å². The summed E-state index contributed by atoms with van der Waals surface area (Å²) in [6.07, 6.45) is 4.87. The van der Waals surface area contributed by atoms with E-state index in [-0.39, 0.29) is 23.5 Å². The molecule has 2 N–H and O–H groups in total. The van der Waals surface area contributed by atoms with Crippen LogP contribution in [0.15, 0.2) is 53.4 Å². The van der Waals surface area contributed by atoms with Crippen LogP contribution in [-0.4, -0.2) is 44.4 Å². The lowest BCUT2D eigenvalue weighted by molar-refractivity contribution is -0.114. The van der Waals surface area contributed by atoms with Gasteiger partial charge in [-0.05, 0) is 56.0 Å². The SMILES string of the molecule is CCN(CC)S(=O)(=O)c1cccc(NC(=O)CNc2cccc(OC3CCCC3)c2)c1. The Morgan fingerprint density at radius 2 is 1.71 bits per heavy atom. The van der Waals surface area contributed by atoms with Crippen LogP contribution in [0.4, 0.5) is 11.4 Å². The van der Waals surface area contributed by atoms with E-state index in [2.05, 4.69) is 10.6 Å². The number of benzene rings is 2. The number of amides is 1. The highest BCUT2D eigenvalue weighted by molar-refractivity contribution is 7.89. The molecule has 0 saturated heterocycles. The molecule has 1 amide bonds. The molecule has 0 aliphatic heterocycles. The molecule has 1 saturated carbocycles. The van der Waals surface area contributed by atoms with Crippen LogP contribution in [0.3, 0.4) is 0 Å². The predicted octanol–water partition coefficient (Wildman–Crippen LogP) is 4.09. The van der Waals surface area contributed by atoms with Crippen LogP contribution in [0, 0.1) is 0 Å². The molecule has 0 heterocycles. The van der Waals surface area contributed by atoms with Gasteiger partial charge in [0.15, 0.2) is 0 Å². The minimum Gasteiger partial charge on any atom is -0.490 e. The van der Waals surface area contributed by atoms with Crippen LogP contribution < -0.4 is 15.4 Å². The topological polar surface area (TPSA) is 87.7 Å². The predicted molar refractivity (Wildman–Crippen MR) is 123 cm³/mol. The van der Waals surface area contributed by atoms with E-state index in [1.807, 2.05) is 24.3 Å². The molecule has 0 radical (unpaired) electrons. The molecule has 0 unspecified atom stereocenters. The van der Waals surface area contributed by atoms with Crippen molar-refractivity contribution in [3.05, 3.63) is 48.5 Å². The minimum absolute atomic E-state index is 0.0555. The zero-order valence-corrected chi connectivity index (χ0v) is 19.0. The Morgan fingerprint density at radius 3 is 2.42 bits per heavy atom. The molecule has 7 nitrogen and oxygen atoms in total. The van der Waals surface area contributed by atoms with Crippen molar-refractivity contribution >= 4 is 27.3 Å². The number of sulfonamides is 1. The molecule has 31 heavy (non-hydrogen) atoms. The smallest absolute Gasteiger partial charge is 0.243 e. The Balaban J connectivity index is 1.58. The van der Waals surface area contributed by atoms with Gasteiger partial charge in [-0.3, -0.25) is 4.79 Å². The van der Waals surface area contributed by atoms with Crippen molar-refractivity contribution < 1.29 is 17.9 Å². The number of nitrogens with zero attached hydrogens (tertiary/aromatic N) is 1. The summed E-state index contributed by atoms with van der Waals surface area (Å²) in [5, 5.41) is 5.85. The van der Waals surface area contributed by atoms with Crippen LogP contribution in [0.1, 0.15) is 39.5 Å². The lowest BCUT2D eigenvalue weighted by Crippen LogP contribution is -2.30. The fraction of sp³-hybridized carbons (Fsp3) is 0.435. The van der Waals surface area contributed by atoms with E-state index in [0.717, 1.165) is 24.3 Å². The summed E-state index contributed by atoms with van der Waals surface area (Å²) in [7, 11) is -3.58. The number of carbonyl (C=O) groups is 1. The van der Waals surface area contributed by atoms with Gasteiger partial charge < -0.3 is 15.4 Å². The molecule has 0 bridgehead atoms. The molecule has 1 aliphatic carbocycles. The summed E-state index contributed by atoms with van der Waals surface area (Å²) in [6.45, 7) is 4.43. The molecule has 168 valence electrons. The van der Waals surface area contributed by atoms with Crippen molar-refractivity contribution in [2.45, 2.75) is 50.5 Å². The van der Waals surface area contributed by atoms with Crippen LogP contribution in [0.25, 0.3) is 0 Å². The molecular formula is C23H31N3O4S. The molecule has 0 aromatic heterocycles. The maximum atomic E-state index is 12.7. The zero-order chi connectivity index (χ0) is 22.3. The number of hydrogen-bond donors (Lipinski definition) is 2. The zero-order valence-electron chi connectivity index (χ0n) is 18.1. The van der Waals surface area contributed by atoms with Gasteiger partial charge in [-0.2, -0.15) is 4.31 Å². The largest absolute Gasteiger partial charge is 0.490 e. The van der Waals surface area contributed by atoms with E-state index in [1.165, 1.54) is 29.3 Å². The van der Waals surface area contributed by atoms with Crippen LogP contribution >= 0.6 is 0 Å². The minimum atomic E-state index is -3.58. The van der Waals surface area contributed by atoms with Crippen LogP contribution in [0.2, 0.25) is 0 Å². The second kappa shape index (κ2) is 10.6. The normalized spacial score (nSPS) is 14.5. The van der Waals surface area contributed by atoms with Gasteiger partial charge in [-0.25, -0.2) is 8.42 Å². The number of carbonyl (C=O) groups excluding carboxylic acids is 1. The molecule has 1 aliphatic rings. The standard InChI is InChI=1S/C23H31N3O4S/c1-3-26(4-2)31(28,29)22-14-8-10-19(16-22)25-23(27)17-24-18-9-7-13-21(15-18)30-20-11-5-6-12-20/h7-10,13-16,20,24H,3-6,11-12,17H2,1-2H3,(H,25,27). The maximum Gasteiger partial charge on any atom is 0.243 e. The quantitative estimate of drug-likeness (QED) is 0.575. The fourth-order valence-electron chi connectivity index (χ4n) is 3.71. The highest BCUT2D eigenvalue weighted by Crippen LogP contribution is 2.26. The second-order valence-corrected chi connectivity index (χ2v) is 9.51. The Hall–Kier alpha value is -2.58. The number of rotatable bonds is 10. The summed E-state index contributed by atoms with van der Waals surface area (Å²) >= 11 is 0. The van der Waals surface area contributed by atoms with E-state index in [0.29, 0.717) is 18.8 Å². The molecule has 0 spiro atoms. The van der Waals surface area contributed by atoms with Gasteiger partial charge in [0, 0.05) is 30.5 Å². The molecular weight excluding hydrogens is 414 g/mol. The molecule has 3 rings (SSSR count). The summed E-state index contributed by atoms with van der Waals surface area (Å²) in [5.41, 5.74) is 1.24. The number of nitrogens with one attached hydrogen (secondary N) is 2. The van der Waals surface area contributed by atoms with Gasteiger partial charge in [-0.15, -0.1) is 0 Å². The highest BCUT2D eigenvalue weighted by Gasteiger charge is 2.22. The third kappa shape index (κ3) is 6.21. The third-order valence-corrected chi connectivity index (χ3v) is 7.40. The Labute approximate surface area is 184 Å². The summed E-state index contributed by atoms with van der Waals surface area (Å²) in [6, 6.07) is 13.9. The highest BCUT2D eigenvalue weighted by atomic mass is 32.2. The molecule has 0 atom stereocenters. The number of anilines is 2. The number of hydrogen-bond acceptors (Lipinski definition) is 5. The second-order valence-electron chi connectivity index (χ2n) is 7.57. The van der Waals surface area contributed by atoms with Crippen molar-refractivity contribution in [3.8, 4) is 5.75 Å². The first-order valence-electron chi connectivity index (χ1n) is 10.8. The van der Waals surface area contributed by atoms with Crippen LogP contribution in [-0.2, 0) is 14.8 Å². The maximum absolute atomic E-state index is 12.7. The van der Waals surface area contributed by atoms with Crippen LogP contribution in [0.5, 0.6) is 5.75 Å². The van der Waals surface area contributed by atoms with E-state index in [1.54, 1.807) is 26.0 Å². The van der Waals surface area contributed by atoms with Gasteiger partial charge in [0.2, 0.25) is 15.9 Å². The van der Waals surface area contributed by atoms with Gasteiger partial charge in [0.1, 0.15) is 5.75 Å². The lowest BCUT2D eigenvalue weighted by atomic mass is 10.2. The van der Waals surface area contributed by atoms with E-state index >= 15 is 0 Å². The Morgan fingerprint density at radius 1 is 1.03 bits per heavy atom. The average Bonchev–Trinajstić information content (AvgIpc) is 3.26. The lowest BCUT2D eigenvalue weighted by Gasteiger charge is -2.19. The molecule has 1 fully saturated rings. The van der Waals surface area contributed by atoms with Crippen molar-refractivity contribution in [3.63, 3.8) is 0 Å². The first kappa shape index (κ1) is 23.1. The Bertz CT molecular complexity index is 984. The van der Waals surface area contributed by atoms with Crippen molar-refractivity contribution in [2.75, 3.05) is 30.3 Å². The first-order valence-corrected chi connectivity index (χ1v) is 12.3. The van der Waals surface area contributed by atoms with Crippen molar-refractivity contribution in [1.29, 1.82) is 0 Å². The molecule has 2 aromatic carbocycles. The summed E-state index contributed by atoms with van der Waals surface area (Å²) < 4.78 is 32.8. The monoisotopic (exact) mass is 445 g/mol. The van der Waals surface area contributed by atoms with E-state index < -0.39 is 10.0 Å². The summed E-state index contributed by atoms with van der Waals surface area (Å²) in [4.78, 5) is 12.6. The fourth-order valence-corrected chi connectivity index (χ4v) is 5.22. The van der Waals surface area contributed by atoms with Gasteiger partial charge in [-0.1, -0.05) is 26.0 Å². The average molecular weight is 446 g/mol.